The van der Waals surface area contributed by atoms with E-state index in [4.69, 9.17) is 5.26 Å². The third-order valence-corrected chi connectivity index (χ3v) is 2.14. The first kappa shape index (κ1) is 12.7. The number of nitrogens with one attached hydrogen (secondary N) is 2. The minimum absolute atomic E-state index is 0.114. The fourth-order valence-electron chi connectivity index (χ4n) is 1.27. The van der Waals surface area contributed by atoms with Crippen LogP contribution in [0.3, 0.4) is 0 Å². The van der Waals surface area contributed by atoms with Crippen LogP contribution in [0.25, 0.3) is 0 Å². The highest BCUT2D eigenvalue weighted by Gasteiger charge is 2.06. The van der Waals surface area contributed by atoms with E-state index in [1.807, 2.05) is 0 Å². The third-order valence-electron chi connectivity index (χ3n) is 2.14. The van der Waals surface area contributed by atoms with E-state index in [0.717, 1.165) is 4.57 Å². The normalized spacial score (nSPS) is 9.65. The largest absolute Gasteiger partial charge is 0.341 e. The highest BCUT2D eigenvalue weighted by atomic mass is 16.2. The first-order valence-electron chi connectivity index (χ1n) is 5.04. The standard InChI is InChI=1S/C10H12N4O3/c1-2-7-5-14(10(17)13-9(7)16)6-8(15)12-4-3-11/h5H,2,4,6H2,1H3,(H,12,15)(H,13,16,17). The fourth-order valence-corrected chi connectivity index (χ4v) is 1.27. The van der Waals surface area contributed by atoms with Crippen molar-refractivity contribution in [3.63, 3.8) is 0 Å². The van der Waals surface area contributed by atoms with Crippen LogP contribution in [0.5, 0.6) is 0 Å². The van der Waals surface area contributed by atoms with Gasteiger partial charge in [0.2, 0.25) is 5.91 Å². The van der Waals surface area contributed by atoms with Crippen molar-refractivity contribution in [2.45, 2.75) is 19.9 Å². The van der Waals surface area contributed by atoms with Crippen molar-refractivity contribution < 1.29 is 4.79 Å². The Morgan fingerprint density at radius 2 is 2.29 bits per heavy atom. The molecule has 0 saturated heterocycles. The van der Waals surface area contributed by atoms with Crippen LogP contribution in [-0.2, 0) is 17.8 Å². The van der Waals surface area contributed by atoms with Crippen LogP contribution in [0.1, 0.15) is 12.5 Å². The number of amides is 1. The molecule has 0 aliphatic heterocycles. The molecular formula is C10H12N4O3. The van der Waals surface area contributed by atoms with Crippen molar-refractivity contribution in [2.24, 2.45) is 0 Å². The molecule has 2 N–H and O–H groups in total. The van der Waals surface area contributed by atoms with Crippen LogP contribution >= 0.6 is 0 Å². The van der Waals surface area contributed by atoms with E-state index in [1.165, 1.54) is 6.20 Å². The minimum atomic E-state index is -0.640. The van der Waals surface area contributed by atoms with Crippen molar-refractivity contribution in [2.75, 3.05) is 6.54 Å². The van der Waals surface area contributed by atoms with Gasteiger partial charge in [-0.3, -0.25) is 19.1 Å². The second-order valence-electron chi connectivity index (χ2n) is 3.33. The van der Waals surface area contributed by atoms with Gasteiger partial charge in [0.25, 0.3) is 5.56 Å². The molecule has 0 unspecified atom stereocenters. The minimum Gasteiger partial charge on any atom is -0.341 e. The maximum atomic E-state index is 11.4. The van der Waals surface area contributed by atoms with Crippen molar-refractivity contribution in [3.05, 3.63) is 32.6 Å². The summed E-state index contributed by atoms with van der Waals surface area (Å²) in [5.74, 6) is -0.456. The summed E-state index contributed by atoms with van der Waals surface area (Å²) >= 11 is 0. The molecule has 0 aliphatic carbocycles. The van der Waals surface area contributed by atoms with Gasteiger partial charge < -0.3 is 5.32 Å². The summed E-state index contributed by atoms with van der Waals surface area (Å²) in [7, 11) is 0. The van der Waals surface area contributed by atoms with Crippen LogP contribution in [0.15, 0.2) is 15.8 Å². The summed E-state index contributed by atoms with van der Waals surface area (Å²) < 4.78 is 1.10. The number of aromatic nitrogens is 2. The molecule has 0 radical (unpaired) electrons. The molecule has 0 aromatic carbocycles. The predicted octanol–water partition coefficient (Wildman–Crippen LogP) is -1.26. The van der Waals surface area contributed by atoms with Crippen LogP contribution in [0.4, 0.5) is 0 Å². The summed E-state index contributed by atoms with van der Waals surface area (Å²) in [4.78, 5) is 36.1. The molecule has 1 aromatic rings. The lowest BCUT2D eigenvalue weighted by Gasteiger charge is -2.05. The maximum absolute atomic E-state index is 11.4. The Labute approximate surface area is 96.7 Å². The van der Waals surface area contributed by atoms with Crippen LogP contribution in [0, 0.1) is 11.3 Å². The number of H-pyrrole nitrogens is 1. The zero-order valence-electron chi connectivity index (χ0n) is 9.32. The number of carbonyl (C=O) groups is 1. The van der Waals surface area contributed by atoms with Gasteiger partial charge in [-0.05, 0) is 6.42 Å². The van der Waals surface area contributed by atoms with Crippen molar-refractivity contribution in [1.29, 1.82) is 5.26 Å². The number of carbonyl (C=O) groups excluding carboxylic acids is 1. The van der Waals surface area contributed by atoms with Gasteiger partial charge in [0.15, 0.2) is 0 Å². The highest BCUT2D eigenvalue weighted by Crippen LogP contribution is 1.88. The summed E-state index contributed by atoms with van der Waals surface area (Å²) in [6, 6.07) is 1.75. The Kier molecular flexibility index (Phi) is 4.22. The van der Waals surface area contributed by atoms with Crippen LogP contribution in [-0.4, -0.2) is 22.0 Å². The number of hydrogen-bond acceptors (Lipinski definition) is 4. The molecule has 7 heteroatoms. The number of nitrogens with zero attached hydrogens (tertiary/aromatic N) is 2. The zero-order chi connectivity index (χ0) is 12.8. The summed E-state index contributed by atoms with van der Waals surface area (Å²) in [6.45, 7) is 1.44. The maximum Gasteiger partial charge on any atom is 0.328 e. The highest BCUT2D eigenvalue weighted by molar-refractivity contribution is 5.75. The quantitative estimate of drug-likeness (QED) is 0.636. The smallest absolute Gasteiger partial charge is 0.328 e. The number of aryl methyl sites for hydroxylation is 1. The number of hydrogen-bond donors (Lipinski definition) is 2. The first-order chi connectivity index (χ1) is 8.08. The van der Waals surface area contributed by atoms with E-state index >= 15 is 0 Å². The Bertz CT molecular complexity index is 564. The molecule has 0 spiro atoms. The summed E-state index contributed by atoms with van der Waals surface area (Å²) in [6.07, 6.45) is 1.82. The molecule has 0 atom stereocenters. The van der Waals surface area contributed by atoms with Gasteiger partial charge in [0, 0.05) is 11.8 Å². The monoisotopic (exact) mass is 236 g/mol. The van der Waals surface area contributed by atoms with E-state index in [1.54, 1.807) is 13.0 Å². The molecule has 0 aliphatic rings. The molecule has 17 heavy (non-hydrogen) atoms. The van der Waals surface area contributed by atoms with Crippen molar-refractivity contribution >= 4 is 5.91 Å². The predicted molar refractivity (Wildman–Crippen MR) is 59.3 cm³/mol. The third kappa shape index (κ3) is 3.31. The lowest BCUT2D eigenvalue weighted by atomic mass is 10.2. The topological polar surface area (TPSA) is 108 Å². The Balaban J connectivity index is 2.92. The lowest BCUT2D eigenvalue weighted by Crippen LogP contribution is -2.36. The molecule has 1 heterocycles. The van der Waals surface area contributed by atoms with Gasteiger partial charge in [-0.2, -0.15) is 5.26 Å². The fraction of sp³-hybridized carbons (Fsp3) is 0.400. The van der Waals surface area contributed by atoms with E-state index in [2.05, 4.69) is 10.3 Å². The number of nitriles is 1. The van der Waals surface area contributed by atoms with E-state index in [9.17, 15) is 14.4 Å². The van der Waals surface area contributed by atoms with Gasteiger partial charge >= 0.3 is 5.69 Å². The first-order valence-corrected chi connectivity index (χ1v) is 5.04. The lowest BCUT2D eigenvalue weighted by molar-refractivity contribution is -0.121. The second kappa shape index (κ2) is 5.65. The van der Waals surface area contributed by atoms with E-state index in [0.29, 0.717) is 12.0 Å². The van der Waals surface area contributed by atoms with Crippen molar-refractivity contribution in [1.82, 2.24) is 14.9 Å². The van der Waals surface area contributed by atoms with Gasteiger partial charge in [-0.15, -0.1) is 0 Å². The number of rotatable bonds is 4. The van der Waals surface area contributed by atoms with Gasteiger partial charge in [0.1, 0.15) is 13.1 Å². The Morgan fingerprint density at radius 3 is 2.88 bits per heavy atom. The Morgan fingerprint density at radius 1 is 1.59 bits per heavy atom. The van der Waals surface area contributed by atoms with E-state index < -0.39 is 17.2 Å². The Hall–Kier alpha value is -2.36. The molecule has 7 nitrogen and oxygen atoms in total. The van der Waals surface area contributed by atoms with Crippen LogP contribution in [0.2, 0.25) is 0 Å². The van der Waals surface area contributed by atoms with Gasteiger partial charge in [0.05, 0.1) is 6.07 Å². The van der Waals surface area contributed by atoms with Crippen molar-refractivity contribution in [3.8, 4) is 6.07 Å². The molecule has 1 amide bonds. The molecule has 1 aromatic heterocycles. The summed E-state index contributed by atoms with van der Waals surface area (Å²) in [5, 5.41) is 10.6. The SMILES string of the molecule is CCc1cn(CC(=O)NCC#N)c(=O)[nH]c1=O. The molecule has 0 fully saturated rings. The van der Waals surface area contributed by atoms with Gasteiger partial charge in [-0.25, -0.2) is 4.79 Å². The van der Waals surface area contributed by atoms with Gasteiger partial charge in [-0.1, -0.05) is 6.92 Å². The molecule has 0 bridgehead atoms. The molecule has 90 valence electrons. The van der Waals surface area contributed by atoms with Crippen LogP contribution < -0.4 is 16.6 Å². The molecule has 0 saturated carbocycles. The molecule has 1 rings (SSSR count). The average Bonchev–Trinajstić information content (AvgIpc) is 2.30. The summed E-state index contributed by atoms with van der Waals surface area (Å²) in [5.41, 5.74) is -0.650. The average molecular weight is 236 g/mol. The zero-order valence-corrected chi connectivity index (χ0v) is 9.32. The molecular weight excluding hydrogens is 224 g/mol. The number of aromatic amines is 1. The van der Waals surface area contributed by atoms with E-state index in [-0.39, 0.29) is 13.1 Å². The second-order valence-corrected chi connectivity index (χ2v) is 3.33.